The third-order valence-electron chi connectivity index (χ3n) is 10.9. The number of carboxylic acids is 2. The van der Waals surface area contributed by atoms with Gasteiger partial charge in [0.2, 0.25) is 0 Å². The number of carbonyl (C=O) groups excluding carboxylic acids is 6. The maximum Gasteiger partial charge on any atom is 0.323 e. The lowest BCUT2D eigenvalue weighted by atomic mass is 9.71. The van der Waals surface area contributed by atoms with Gasteiger partial charge in [-0.15, -0.1) is 0 Å². The van der Waals surface area contributed by atoms with E-state index in [9.17, 15) is 38.4 Å². The van der Waals surface area contributed by atoms with Crippen LogP contribution in [0.4, 0.5) is 9.59 Å². The maximum absolute atomic E-state index is 13.2. The molecular weight excluding hydrogens is 873 g/mol. The molecule has 0 aromatic carbocycles. The second-order valence-electron chi connectivity index (χ2n) is 17.9. The van der Waals surface area contributed by atoms with Crippen LogP contribution in [-0.4, -0.2) is 96.1 Å². The summed E-state index contributed by atoms with van der Waals surface area (Å²) in [6.45, 7) is 18.1. The number of aliphatic carboxylic acids is 2. The summed E-state index contributed by atoms with van der Waals surface area (Å²) in [6.07, 6.45) is 25.8. The third-order valence-corrected chi connectivity index (χ3v) is 10.9. The van der Waals surface area contributed by atoms with Crippen molar-refractivity contribution in [1.82, 2.24) is 21.3 Å². The van der Waals surface area contributed by atoms with Gasteiger partial charge in [0.1, 0.15) is 13.1 Å². The Hall–Kier alpha value is -7.10. The van der Waals surface area contributed by atoms with E-state index in [0.29, 0.717) is 24.0 Å². The number of carbonyl (C=O) groups is 8. The number of ketones is 2. The molecule has 2 unspecified atom stereocenters. The predicted octanol–water partition coefficient (Wildman–Crippen LogP) is 7.56. The molecule has 0 aromatic rings. The van der Waals surface area contributed by atoms with Crippen LogP contribution in [-0.2, 0) is 38.2 Å². The van der Waals surface area contributed by atoms with E-state index < -0.39 is 72.1 Å². The molecule has 0 fully saturated rings. The molecule has 4 amide bonds. The molecule has 0 heterocycles. The Labute approximate surface area is 399 Å². The first-order chi connectivity index (χ1) is 31.8. The molecule has 0 spiro atoms. The van der Waals surface area contributed by atoms with Crippen molar-refractivity contribution in [3.05, 3.63) is 130 Å². The lowest BCUT2D eigenvalue weighted by Gasteiger charge is -2.36. The van der Waals surface area contributed by atoms with Crippen LogP contribution in [0.15, 0.2) is 130 Å². The van der Waals surface area contributed by atoms with Crippen LogP contribution in [0.2, 0.25) is 0 Å². The Balaban J connectivity index is 1.92. The van der Waals surface area contributed by atoms with E-state index in [4.69, 9.17) is 19.7 Å². The number of hydrogen-bond acceptors (Lipinski definition) is 10. The van der Waals surface area contributed by atoms with Crippen molar-refractivity contribution in [1.29, 1.82) is 0 Å². The molecule has 2 aliphatic carbocycles. The molecule has 2 rings (SSSR count). The number of carboxylic acid groups (broad SMARTS) is 2. The molecule has 6 N–H and O–H groups in total. The number of urea groups is 2. The summed E-state index contributed by atoms with van der Waals surface area (Å²) in [5.74, 6) is -4.23. The Bertz CT molecular complexity index is 2130. The van der Waals surface area contributed by atoms with Crippen molar-refractivity contribution in [2.24, 2.45) is 10.8 Å². The van der Waals surface area contributed by atoms with Crippen LogP contribution in [0, 0.1) is 10.8 Å². The molecule has 368 valence electrons. The minimum atomic E-state index is -1.20. The summed E-state index contributed by atoms with van der Waals surface area (Å²) in [5.41, 5.74) is 5.81. The van der Waals surface area contributed by atoms with E-state index in [1.165, 1.54) is 0 Å². The molecule has 0 saturated heterocycles. The van der Waals surface area contributed by atoms with E-state index in [-0.39, 0.29) is 37.5 Å². The highest BCUT2D eigenvalue weighted by Crippen LogP contribution is 2.42. The van der Waals surface area contributed by atoms with Crippen molar-refractivity contribution in [2.45, 2.75) is 107 Å². The SMILES string of the molecule is CC1=C(/C=C/C(C)=C/C=C/C(C)=C/C=C/C=C(C)/C=C/C=C(C)/C=C/C2=C(C)C(=O)C(OC(=O)CCNC(=O)NCC(=O)O)CC2(C)C)C(C)(C)CC(OC(=O)CCNC(=O)NCC(=O)O)C1=O. The van der Waals surface area contributed by atoms with Gasteiger partial charge < -0.3 is 41.0 Å². The van der Waals surface area contributed by atoms with E-state index in [1.54, 1.807) is 13.8 Å². The molecular formula is C52H68N4O12. The summed E-state index contributed by atoms with van der Waals surface area (Å²) in [5, 5.41) is 26.3. The van der Waals surface area contributed by atoms with Gasteiger partial charge in [0.05, 0.1) is 12.8 Å². The van der Waals surface area contributed by atoms with Crippen molar-refractivity contribution >= 4 is 47.5 Å². The number of esters is 2. The molecule has 16 nitrogen and oxygen atoms in total. The monoisotopic (exact) mass is 940 g/mol. The van der Waals surface area contributed by atoms with Crippen molar-refractivity contribution in [3.8, 4) is 0 Å². The van der Waals surface area contributed by atoms with E-state index in [2.05, 4.69) is 21.3 Å². The normalized spacial score (nSPS) is 19.4. The van der Waals surface area contributed by atoms with Crippen molar-refractivity contribution in [2.75, 3.05) is 26.2 Å². The third kappa shape index (κ3) is 20.6. The second-order valence-corrected chi connectivity index (χ2v) is 17.9. The van der Waals surface area contributed by atoms with Gasteiger partial charge >= 0.3 is 35.9 Å². The van der Waals surface area contributed by atoms with Gasteiger partial charge in [-0.2, -0.15) is 0 Å². The maximum atomic E-state index is 13.2. The van der Waals surface area contributed by atoms with Crippen LogP contribution < -0.4 is 21.3 Å². The lowest BCUT2D eigenvalue weighted by molar-refractivity contribution is -0.156. The predicted molar refractivity (Wildman–Crippen MR) is 260 cm³/mol. The minimum Gasteiger partial charge on any atom is -0.480 e. The first-order valence-corrected chi connectivity index (χ1v) is 22.3. The van der Waals surface area contributed by atoms with Gasteiger partial charge in [-0.1, -0.05) is 135 Å². The van der Waals surface area contributed by atoms with E-state index in [0.717, 1.165) is 33.4 Å². The van der Waals surface area contributed by atoms with Gasteiger partial charge in [0.15, 0.2) is 23.8 Å². The van der Waals surface area contributed by atoms with Gasteiger partial charge in [0.25, 0.3) is 0 Å². The standard InChI is InChI=1S/C52H68N4O12/c1-33(17-13-19-35(3)21-23-39-37(5)47(63)41(29-51(39,7)8)67-45(61)25-27-53-49(65)55-31-43(57)58)15-11-12-16-34(2)18-14-20-36(4)22-24-40-38(6)48(64)42(30-52(40,9)10)68-46(62)26-28-54-50(66)56-32-44(59)60/h11-24,41-42H,25-32H2,1-10H3,(H,57,58)(H,59,60)(H2,53,55,65)(H2,54,56,66)/b12-11+,17-13+,18-14+,23-21+,24-22+,33-15+,34-16+,35-19+,36-20+. The van der Waals surface area contributed by atoms with Crippen LogP contribution in [0.25, 0.3) is 0 Å². The number of ether oxygens (including phenoxy) is 2. The highest BCUT2D eigenvalue weighted by Gasteiger charge is 2.41. The number of nitrogens with one attached hydrogen (secondary N) is 4. The van der Waals surface area contributed by atoms with Gasteiger partial charge in [-0.25, -0.2) is 9.59 Å². The molecule has 0 aromatic heterocycles. The highest BCUT2D eigenvalue weighted by molar-refractivity contribution is 6.02. The number of Topliss-reactive ketones (excluding diaryl/α,β-unsaturated/α-hetero) is 2. The Morgan fingerprint density at radius 3 is 1.21 bits per heavy atom. The van der Waals surface area contributed by atoms with Crippen LogP contribution in [0.5, 0.6) is 0 Å². The highest BCUT2D eigenvalue weighted by atomic mass is 16.6. The first-order valence-electron chi connectivity index (χ1n) is 22.3. The number of amides is 4. The van der Waals surface area contributed by atoms with Crippen LogP contribution >= 0.6 is 0 Å². The van der Waals surface area contributed by atoms with Crippen molar-refractivity contribution in [3.63, 3.8) is 0 Å². The fourth-order valence-corrected chi connectivity index (χ4v) is 7.19. The minimum absolute atomic E-state index is 0.0743. The fraction of sp³-hybridized carbons (Fsp3) is 0.423. The Morgan fingerprint density at radius 1 is 0.544 bits per heavy atom. The first kappa shape index (κ1) is 57.0. The molecule has 0 bridgehead atoms. The summed E-state index contributed by atoms with van der Waals surface area (Å²) >= 11 is 0. The zero-order valence-corrected chi connectivity index (χ0v) is 40.9. The Kier molecular flexibility index (Phi) is 23.1. The van der Waals surface area contributed by atoms with Gasteiger partial charge in [-0.3, -0.25) is 28.8 Å². The number of rotatable bonds is 22. The Morgan fingerprint density at radius 2 is 0.868 bits per heavy atom. The molecule has 0 radical (unpaired) electrons. The topological polar surface area (TPSA) is 244 Å². The summed E-state index contributed by atoms with van der Waals surface area (Å²) < 4.78 is 11.0. The molecule has 0 aliphatic heterocycles. The second kappa shape index (κ2) is 27.5. The van der Waals surface area contributed by atoms with Crippen LogP contribution in [0.3, 0.4) is 0 Å². The van der Waals surface area contributed by atoms with Crippen LogP contribution in [0.1, 0.15) is 94.9 Å². The quantitative estimate of drug-likeness (QED) is 0.0455. The molecule has 0 saturated carbocycles. The summed E-state index contributed by atoms with van der Waals surface area (Å²) in [4.78, 5) is 95.6. The molecule has 2 atom stereocenters. The van der Waals surface area contributed by atoms with Crippen molar-refractivity contribution < 1.29 is 58.0 Å². The lowest BCUT2D eigenvalue weighted by Crippen LogP contribution is -2.41. The van der Waals surface area contributed by atoms with Gasteiger partial charge in [0, 0.05) is 25.9 Å². The van der Waals surface area contributed by atoms with E-state index in [1.807, 2.05) is 140 Å². The smallest absolute Gasteiger partial charge is 0.323 e. The summed E-state index contributed by atoms with van der Waals surface area (Å²) in [7, 11) is 0. The number of hydrogen-bond donors (Lipinski definition) is 6. The summed E-state index contributed by atoms with van der Waals surface area (Å²) in [6, 6.07) is -1.45. The fourth-order valence-electron chi connectivity index (χ4n) is 7.19. The zero-order chi connectivity index (χ0) is 51.2. The largest absolute Gasteiger partial charge is 0.480 e. The molecule has 2 aliphatic rings. The van der Waals surface area contributed by atoms with E-state index >= 15 is 0 Å². The van der Waals surface area contributed by atoms with Gasteiger partial charge in [-0.05, 0) is 74.7 Å². The average molecular weight is 941 g/mol. The number of allylic oxidation sites excluding steroid dienone is 20. The molecule has 68 heavy (non-hydrogen) atoms. The molecule has 16 heteroatoms. The average Bonchev–Trinajstić information content (AvgIpc) is 3.24. The zero-order valence-electron chi connectivity index (χ0n) is 40.9.